The van der Waals surface area contributed by atoms with Crippen molar-refractivity contribution in [2.75, 3.05) is 0 Å². The van der Waals surface area contributed by atoms with E-state index in [1.165, 1.54) is 387 Å². The third-order valence-electron chi connectivity index (χ3n) is 19.6. The molecule has 0 aliphatic heterocycles. The summed E-state index contributed by atoms with van der Waals surface area (Å²) in [5.74, 6) is 2.65. The van der Waals surface area contributed by atoms with Gasteiger partial charge in [0, 0.05) is 0 Å². The molecule has 0 amide bonds. The summed E-state index contributed by atoms with van der Waals surface area (Å²) in [5, 5.41) is 0. The molecule has 0 unspecified atom stereocenters. The molecule has 0 bridgehead atoms. The minimum Gasteiger partial charge on any atom is -0.348 e. The second-order valence-corrected chi connectivity index (χ2v) is 27.9. The first-order chi connectivity index (χ1) is 44.4. The Balaban J connectivity index is 0. The summed E-state index contributed by atoms with van der Waals surface area (Å²) in [4.78, 5) is 3.15. The molecule has 0 atom stereocenters. The Morgan fingerprint density at radius 1 is 0.308 bits per heavy atom. The average molecular weight is 1300 g/mol. The summed E-state index contributed by atoms with van der Waals surface area (Å²) < 4.78 is 0. The molecule has 0 N–H and O–H groups in total. The van der Waals surface area contributed by atoms with Crippen LogP contribution in [0.15, 0.2) is 36.4 Å². The van der Waals surface area contributed by atoms with Crippen molar-refractivity contribution in [3.63, 3.8) is 0 Å². The zero-order valence-electron chi connectivity index (χ0n) is 62.9. The maximum atomic E-state index is 9.13. The van der Waals surface area contributed by atoms with Crippen molar-refractivity contribution in [3.8, 4) is 0 Å². The molecule has 2 rings (SSSR count). The van der Waals surface area contributed by atoms with Gasteiger partial charge in [-0.15, -0.1) is 4.79 Å². The van der Waals surface area contributed by atoms with Crippen molar-refractivity contribution in [1.82, 2.24) is 0 Å². The molecule has 0 heterocycles. The van der Waals surface area contributed by atoms with Gasteiger partial charge in [-0.25, -0.2) is 0 Å². The molecule has 0 spiro atoms. The summed E-state index contributed by atoms with van der Waals surface area (Å²) in [5.41, 5.74) is 22.1. The fraction of sp³-hybridized carbons (Fsp3) is 0.795. The third-order valence-corrected chi connectivity index (χ3v) is 19.6. The molecule has 91 heavy (non-hydrogen) atoms. The maximum absolute atomic E-state index is 9.13. The smallest absolute Gasteiger partial charge is 0.348 e. The second-order valence-electron chi connectivity index (χ2n) is 27.9. The van der Waals surface area contributed by atoms with E-state index in [4.69, 9.17) is 5.53 Å². The van der Waals surface area contributed by atoms with Gasteiger partial charge >= 0.3 is 16.5 Å². The zero-order valence-corrected chi connectivity index (χ0v) is 63.9. The van der Waals surface area contributed by atoms with Crippen LogP contribution in [0.2, 0.25) is 0 Å². The summed E-state index contributed by atoms with van der Waals surface area (Å²) >= 11 is 0. The van der Waals surface area contributed by atoms with Crippen LogP contribution in [-0.2, 0) is 55.0 Å². The van der Waals surface area contributed by atoms with E-state index in [0.29, 0.717) is 0 Å². The molecule has 0 radical (unpaired) electrons. The van der Waals surface area contributed by atoms with Gasteiger partial charge in [0.05, 0.1) is 6.08 Å². The Morgan fingerprint density at radius 2 is 0.538 bits per heavy atom. The topological polar surface area (TPSA) is 36.4 Å². The van der Waals surface area contributed by atoms with Crippen molar-refractivity contribution >= 4 is 11.4 Å². The molecule has 0 saturated heterocycles. The van der Waals surface area contributed by atoms with Gasteiger partial charge in [0.15, 0.2) is 0 Å². The van der Waals surface area contributed by atoms with E-state index in [0.717, 1.165) is 44.9 Å². The van der Waals surface area contributed by atoms with Gasteiger partial charge in [0.2, 0.25) is 0 Å². The second kappa shape index (κ2) is 73.6. The molecule has 3 heteroatoms. The van der Waals surface area contributed by atoms with Gasteiger partial charge < -0.3 is 19.4 Å². The molecule has 2 aromatic rings. The fourth-order valence-electron chi connectivity index (χ4n) is 13.7. The number of hydrogen-bond donors (Lipinski definition) is 0. The molecule has 0 aliphatic carbocycles. The number of unbranched alkanes of at least 4 members (excludes halogenated alkanes) is 51. The number of aryl methyl sites for hydroxylation is 4. The summed E-state index contributed by atoms with van der Waals surface area (Å²) in [6.07, 6.45) is 89.6. The van der Waals surface area contributed by atoms with E-state index < -0.39 is 0 Å². The molecule has 0 saturated carbocycles. The fourth-order valence-corrected chi connectivity index (χ4v) is 13.7. The van der Waals surface area contributed by atoms with Crippen LogP contribution in [0.25, 0.3) is 11.1 Å². The van der Waals surface area contributed by atoms with E-state index in [2.05, 4.69) is 110 Å². The SMILES string of the molecule is CCCCCCc1cc(C(=CC=C=[N+]=[N-])c2cc(CC)c(CC)c(CC)c2)cc(CCCCCC)c1CCCCCC.[CH2-]CCCCCCCCCCCCCCCCCCCCCCC.[CH2-]CCCCCCCCCCCCCCCCCCCCCCC.[Ni+2]. The number of benzene rings is 2. The summed E-state index contributed by atoms with van der Waals surface area (Å²) in [7, 11) is 0. The molecule has 0 fully saturated rings. The van der Waals surface area contributed by atoms with Crippen LogP contribution in [0.5, 0.6) is 0 Å². The van der Waals surface area contributed by atoms with Crippen LogP contribution in [0, 0.1) is 13.8 Å². The van der Waals surface area contributed by atoms with Crippen LogP contribution in [0.3, 0.4) is 0 Å². The number of allylic oxidation sites excluding steroid dienone is 2. The molecule has 2 nitrogen and oxygen atoms in total. The van der Waals surface area contributed by atoms with Gasteiger partial charge in [0.1, 0.15) is 0 Å². The molecule has 0 aliphatic rings. The molecular weight excluding hydrogens is 1140 g/mol. The number of nitrogens with zero attached hydrogens (tertiary/aromatic N) is 2. The van der Waals surface area contributed by atoms with Crippen molar-refractivity contribution < 1.29 is 21.3 Å². The Hall–Kier alpha value is -2.17. The van der Waals surface area contributed by atoms with Gasteiger partial charge in [-0.1, -0.05) is 407 Å². The molecular formula is C88H158N2Ni. The standard InChI is InChI=1S/C40H60N2.2C24H49.Ni/c1-7-13-16-19-23-34-30-37(31-35(24-20-17-14-8-2)39(34)25-21-18-15-9-3)40(26-22-27-42-41)36-28-32(10-4)38(12-6)33(11-5)29-36;2*1-3-5-7-9-11-13-15-17-19-21-23-24-22-20-18-16-14-12-10-8-6-4-2;/h22,26,28-31H,7-21,23-25H2,1-6H3;2*1,3-24H2,2H3;/q;2*-1;+2. The van der Waals surface area contributed by atoms with E-state index >= 15 is 0 Å². The quantitative estimate of drug-likeness (QED) is 0.0120. The van der Waals surface area contributed by atoms with E-state index in [1.807, 2.05) is 0 Å². The van der Waals surface area contributed by atoms with Crippen molar-refractivity contribution in [3.05, 3.63) is 100 Å². The largest absolute Gasteiger partial charge is 2.00 e. The van der Waals surface area contributed by atoms with E-state index in [9.17, 15) is 0 Å². The summed E-state index contributed by atoms with van der Waals surface area (Å²) in [6.45, 7) is 26.1. The van der Waals surface area contributed by atoms with Crippen LogP contribution in [-0.4, -0.2) is 10.7 Å². The van der Waals surface area contributed by atoms with E-state index in [1.54, 1.807) is 22.8 Å². The molecule has 2 aromatic carbocycles. The van der Waals surface area contributed by atoms with Crippen molar-refractivity contribution in [2.45, 2.75) is 453 Å². The third kappa shape index (κ3) is 54.6. The zero-order chi connectivity index (χ0) is 65.7. The maximum Gasteiger partial charge on any atom is 2.00 e. The van der Waals surface area contributed by atoms with Gasteiger partial charge in [-0.2, -0.15) is 12.8 Å². The van der Waals surface area contributed by atoms with Gasteiger partial charge in [0.25, 0.3) is 5.87 Å². The number of rotatable bonds is 63. The Kier molecular flexibility index (Phi) is 73.6. The molecule has 530 valence electrons. The Morgan fingerprint density at radius 3 is 0.769 bits per heavy atom. The van der Waals surface area contributed by atoms with Gasteiger partial charge in [-0.3, -0.25) is 0 Å². The van der Waals surface area contributed by atoms with Crippen molar-refractivity contribution in [1.29, 1.82) is 0 Å². The summed E-state index contributed by atoms with van der Waals surface area (Å²) in [6, 6.07) is 9.84. The Bertz CT molecular complexity index is 1780. The predicted octanol–water partition coefficient (Wildman–Crippen LogP) is 30.5. The first-order valence-electron chi connectivity index (χ1n) is 40.9. The van der Waals surface area contributed by atoms with Crippen LogP contribution in [0.4, 0.5) is 0 Å². The predicted molar refractivity (Wildman–Crippen MR) is 410 cm³/mol. The van der Waals surface area contributed by atoms with Crippen LogP contribution >= 0.6 is 0 Å². The first-order valence-corrected chi connectivity index (χ1v) is 40.9. The van der Waals surface area contributed by atoms with E-state index in [-0.39, 0.29) is 16.5 Å². The minimum atomic E-state index is 0. The van der Waals surface area contributed by atoms with Crippen LogP contribution in [0.1, 0.15) is 459 Å². The monoisotopic (exact) mass is 1300 g/mol. The minimum absolute atomic E-state index is 0. The van der Waals surface area contributed by atoms with Crippen LogP contribution < -0.4 is 0 Å². The first kappa shape index (κ1) is 90.9. The van der Waals surface area contributed by atoms with Crippen molar-refractivity contribution in [2.24, 2.45) is 0 Å². The normalized spacial score (nSPS) is 11.2. The molecule has 0 aromatic heterocycles. The van der Waals surface area contributed by atoms with Gasteiger partial charge in [-0.05, 0) is 114 Å². The Labute approximate surface area is 582 Å². The number of hydrogen-bond acceptors (Lipinski definition) is 0. The average Bonchev–Trinajstić information content (AvgIpc) is 1.04.